The van der Waals surface area contributed by atoms with Gasteiger partial charge < -0.3 is 15.1 Å². The van der Waals surface area contributed by atoms with Gasteiger partial charge in [-0.3, -0.25) is 4.99 Å². The van der Waals surface area contributed by atoms with Gasteiger partial charge >= 0.3 is 0 Å². The third-order valence-electron chi connectivity index (χ3n) is 3.98. The lowest BCUT2D eigenvalue weighted by atomic mass is 10.1. The van der Waals surface area contributed by atoms with Crippen LogP contribution in [-0.4, -0.2) is 39.5 Å². The summed E-state index contributed by atoms with van der Waals surface area (Å²) in [6.45, 7) is 3.08. The quantitative estimate of drug-likeness (QED) is 0.169. The zero-order valence-corrected chi connectivity index (χ0v) is 20.5. The molecule has 8 nitrogen and oxygen atoms in total. The highest BCUT2D eigenvalue weighted by Gasteiger charge is 2.14. The summed E-state index contributed by atoms with van der Waals surface area (Å²) in [5.41, 5.74) is 2.83. The highest BCUT2D eigenvalue weighted by Crippen LogP contribution is 2.19. The lowest BCUT2D eigenvalue weighted by molar-refractivity contribution is 0.572. The molecule has 11 heteroatoms. The monoisotopic (exact) mass is 561 g/mol. The Labute approximate surface area is 197 Å². The van der Waals surface area contributed by atoms with Crippen molar-refractivity contribution in [3.8, 4) is 11.5 Å². The van der Waals surface area contributed by atoms with Crippen molar-refractivity contribution in [2.75, 3.05) is 20.1 Å². The molecule has 0 unspecified atom stereocenters. The van der Waals surface area contributed by atoms with Crippen LogP contribution in [0, 0.1) is 6.92 Å². The number of nitrogens with zero attached hydrogens (tertiary/aromatic N) is 2. The maximum Gasteiger partial charge on any atom is 0.250 e. The fourth-order valence-corrected chi connectivity index (χ4v) is 4.53. The van der Waals surface area contributed by atoms with Gasteiger partial charge in [0.25, 0.3) is 0 Å². The first-order valence-electron chi connectivity index (χ1n) is 8.97. The summed E-state index contributed by atoms with van der Waals surface area (Å²) < 4.78 is 32.5. The molecule has 2 heterocycles. The van der Waals surface area contributed by atoms with E-state index in [1.165, 1.54) is 16.9 Å². The second-order valence-corrected chi connectivity index (χ2v) is 9.13. The molecule has 0 fully saturated rings. The molecule has 0 atom stereocenters. The number of halogens is 1. The lowest BCUT2D eigenvalue weighted by Crippen LogP contribution is -2.41. The lowest BCUT2D eigenvalue weighted by Gasteiger charge is -2.11. The van der Waals surface area contributed by atoms with Crippen molar-refractivity contribution in [1.29, 1.82) is 0 Å². The average molecular weight is 561 g/mol. The van der Waals surface area contributed by atoms with Gasteiger partial charge in [-0.15, -0.1) is 35.3 Å². The predicted octanol–water partition coefficient (Wildman–Crippen LogP) is 2.97. The molecule has 2 aromatic heterocycles. The minimum absolute atomic E-state index is 0. The molecular formula is C19H24IN5O3S2. The molecule has 0 bridgehead atoms. The summed E-state index contributed by atoms with van der Waals surface area (Å²) in [5, 5.41) is 7.91. The fourth-order valence-electron chi connectivity index (χ4n) is 2.47. The van der Waals surface area contributed by atoms with E-state index < -0.39 is 10.0 Å². The summed E-state index contributed by atoms with van der Waals surface area (Å²) in [4.78, 5) is 8.59. The molecule has 0 radical (unpaired) electrons. The zero-order valence-electron chi connectivity index (χ0n) is 16.6. The van der Waals surface area contributed by atoms with Gasteiger partial charge in [-0.1, -0.05) is 23.8 Å². The normalized spacial score (nSPS) is 11.7. The van der Waals surface area contributed by atoms with Crippen LogP contribution in [0.2, 0.25) is 0 Å². The Morgan fingerprint density at radius 3 is 2.60 bits per heavy atom. The predicted molar refractivity (Wildman–Crippen MR) is 130 cm³/mol. The van der Waals surface area contributed by atoms with Crippen molar-refractivity contribution in [3.05, 3.63) is 59.3 Å². The second-order valence-electron chi connectivity index (χ2n) is 6.19. The molecule has 30 heavy (non-hydrogen) atoms. The third kappa shape index (κ3) is 6.79. The van der Waals surface area contributed by atoms with Gasteiger partial charge in [0.15, 0.2) is 5.96 Å². The van der Waals surface area contributed by atoms with E-state index in [4.69, 9.17) is 4.42 Å². The highest BCUT2D eigenvalue weighted by molar-refractivity contribution is 14.0. The largest absolute Gasteiger partial charge is 0.444 e. The van der Waals surface area contributed by atoms with E-state index in [0.29, 0.717) is 29.1 Å². The van der Waals surface area contributed by atoms with Gasteiger partial charge in [0.1, 0.15) is 10.5 Å². The number of hydrogen-bond donors (Lipinski definition) is 3. The molecule has 1 aromatic carbocycles. The second kappa shape index (κ2) is 11.4. The molecule has 3 aromatic rings. The molecule has 0 saturated carbocycles. The number of aryl methyl sites for hydroxylation is 1. The number of aromatic nitrogens is 1. The number of sulfonamides is 1. The van der Waals surface area contributed by atoms with Crippen LogP contribution in [0.3, 0.4) is 0 Å². The zero-order chi connectivity index (χ0) is 20.7. The number of guanidine groups is 1. The van der Waals surface area contributed by atoms with E-state index in [1.807, 2.05) is 31.2 Å². The maximum absolute atomic E-state index is 12.1. The van der Waals surface area contributed by atoms with Crippen LogP contribution in [0.15, 0.2) is 61.7 Å². The summed E-state index contributed by atoms with van der Waals surface area (Å²) >= 11 is 1.18. The first kappa shape index (κ1) is 24.3. The Morgan fingerprint density at radius 2 is 1.93 bits per heavy atom. The van der Waals surface area contributed by atoms with E-state index in [9.17, 15) is 8.42 Å². The Kier molecular flexibility index (Phi) is 9.27. The van der Waals surface area contributed by atoms with Gasteiger partial charge in [-0.05, 0) is 30.5 Å². The van der Waals surface area contributed by atoms with Crippen molar-refractivity contribution in [3.63, 3.8) is 0 Å². The Morgan fingerprint density at radius 1 is 1.17 bits per heavy atom. The van der Waals surface area contributed by atoms with Crippen LogP contribution in [0.1, 0.15) is 11.3 Å². The standard InChI is InChI=1S/C19H23N5O3S2.HI/c1-14-5-7-15(8-6-14)18-24-16(13-27-18)12-22-19(20-2)21-9-10-23-29(25,26)17-4-3-11-28-17;/h3-8,11,13,23H,9-10,12H2,1-2H3,(H2,20,21,22);1H. The molecule has 0 aliphatic heterocycles. The van der Waals surface area contributed by atoms with Crippen molar-refractivity contribution >= 4 is 51.3 Å². The molecule has 0 saturated heterocycles. The topological polar surface area (TPSA) is 109 Å². The number of oxazole rings is 1. The summed E-state index contributed by atoms with van der Waals surface area (Å²) in [5.74, 6) is 1.10. The van der Waals surface area contributed by atoms with Crippen LogP contribution < -0.4 is 15.4 Å². The molecule has 0 spiro atoms. The first-order valence-corrected chi connectivity index (χ1v) is 11.3. The maximum atomic E-state index is 12.1. The minimum Gasteiger partial charge on any atom is -0.444 e. The van der Waals surface area contributed by atoms with Crippen molar-refractivity contribution in [1.82, 2.24) is 20.3 Å². The van der Waals surface area contributed by atoms with Gasteiger partial charge in [0.2, 0.25) is 15.9 Å². The van der Waals surface area contributed by atoms with Crippen LogP contribution >= 0.6 is 35.3 Å². The Hall–Kier alpha value is -1.96. The SMILES string of the molecule is CN=C(NCCNS(=O)(=O)c1cccs1)NCc1coc(-c2ccc(C)cc2)n1.I. The Balaban J connectivity index is 0.00000320. The van der Waals surface area contributed by atoms with E-state index in [-0.39, 0.29) is 30.5 Å². The van der Waals surface area contributed by atoms with Crippen molar-refractivity contribution in [2.24, 2.45) is 4.99 Å². The summed E-state index contributed by atoms with van der Waals surface area (Å²) in [7, 11) is -1.81. The van der Waals surface area contributed by atoms with Gasteiger partial charge in [0, 0.05) is 25.7 Å². The van der Waals surface area contributed by atoms with Crippen LogP contribution in [0.25, 0.3) is 11.5 Å². The van der Waals surface area contributed by atoms with E-state index in [1.54, 1.807) is 30.8 Å². The molecule has 3 N–H and O–H groups in total. The molecule has 162 valence electrons. The third-order valence-corrected chi connectivity index (χ3v) is 6.84. The molecule has 0 amide bonds. The summed E-state index contributed by atoms with van der Waals surface area (Å²) in [6, 6.07) is 11.2. The number of thiophene rings is 1. The Bertz CT molecular complexity index is 1050. The first-order chi connectivity index (χ1) is 14.0. The van der Waals surface area contributed by atoms with E-state index >= 15 is 0 Å². The highest BCUT2D eigenvalue weighted by atomic mass is 127. The van der Waals surface area contributed by atoms with E-state index in [0.717, 1.165) is 11.3 Å². The van der Waals surface area contributed by atoms with Gasteiger partial charge in [0.05, 0.1) is 12.2 Å². The minimum atomic E-state index is -3.46. The number of benzene rings is 1. The molecule has 3 rings (SSSR count). The molecule has 0 aliphatic rings. The van der Waals surface area contributed by atoms with Crippen molar-refractivity contribution in [2.45, 2.75) is 17.7 Å². The fraction of sp³-hybridized carbons (Fsp3) is 0.263. The molecular weight excluding hydrogens is 537 g/mol. The van der Waals surface area contributed by atoms with Gasteiger partial charge in [-0.25, -0.2) is 18.1 Å². The average Bonchev–Trinajstić information content (AvgIpc) is 3.41. The number of nitrogens with one attached hydrogen (secondary N) is 3. The van der Waals surface area contributed by atoms with Crippen LogP contribution in [0.4, 0.5) is 0 Å². The number of rotatable bonds is 8. The van der Waals surface area contributed by atoms with Gasteiger partial charge in [-0.2, -0.15) is 0 Å². The smallest absolute Gasteiger partial charge is 0.250 e. The molecule has 0 aliphatic carbocycles. The van der Waals surface area contributed by atoms with Crippen LogP contribution in [-0.2, 0) is 16.6 Å². The summed E-state index contributed by atoms with van der Waals surface area (Å²) in [6.07, 6.45) is 1.60. The van der Waals surface area contributed by atoms with E-state index in [2.05, 4.69) is 25.3 Å². The number of aliphatic imine (C=N–C) groups is 1. The van der Waals surface area contributed by atoms with Crippen LogP contribution in [0.5, 0.6) is 0 Å². The van der Waals surface area contributed by atoms with Crippen molar-refractivity contribution < 1.29 is 12.8 Å². The number of hydrogen-bond acceptors (Lipinski definition) is 6.